The molecule has 0 unspecified atom stereocenters. The molecule has 0 spiro atoms. The van der Waals surface area contributed by atoms with E-state index in [9.17, 15) is 14.0 Å². The van der Waals surface area contributed by atoms with Gasteiger partial charge < -0.3 is 20.8 Å². The first kappa shape index (κ1) is 20.2. The molecule has 0 fully saturated rings. The first-order valence-corrected chi connectivity index (χ1v) is 9.66. The molecular weight excluding hydrogens is 397 g/mol. The number of H-pyrrole nitrogens is 1. The number of hydrogen-bond acceptors (Lipinski definition) is 3. The Hall–Kier alpha value is -4.13. The van der Waals surface area contributed by atoms with Gasteiger partial charge in [0.05, 0.1) is 11.1 Å². The van der Waals surface area contributed by atoms with Crippen LogP contribution in [0.15, 0.2) is 72.8 Å². The lowest BCUT2D eigenvalue weighted by Gasteiger charge is -2.11. The lowest BCUT2D eigenvalue weighted by molar-refractivity contribution is -0.123. The minimum Gasteiger partial charge on any atom is -0.484 e. The number of nitrogens with two attached hydrogens (primary N) is 1. The summed E-state index contributed by atoms with van der Waals surface area (Å²) in [6.07, 6.45) is 0. The number of halogens is 1. The molecule has 0 aliphatic rings. The molecule has 0 radical (unpaired) electrons. The number of amides is 2. The molecule has 6 nitrogen and oxygen atoms in total. The molecule has 0 aliphatic carbocycles. The van der Waals surface area contributed by atoms with Gasteiger partial charge >= 0.3 is 0 Å². The molecule has 156 valence electrons. The van der Waals surface area contributed by atoms with Gasteiger partial charge in [-0.05, 0) is 42.0 Å². The number of primary amides is 1. The van der Waals surface area contributed by atoms with Crippen molar-refractivity contribution in [3.8, 4) is 17.0 Å². The van der Waals surface area contributed by atoms with Crippen molar-refractivity contribution >= 4 is 22.7 Å². The zero-order valence-corrected chi connectivity index (χ0v) is 16.5. The normalized spacial score (nSPS) is 10.7. The summed E-state index contributed by atoms with van der Waals surface area (Å²) in [5.74, 6) is -0.749. The van der Waals surface area contributed by atoms with E-state index in [1.807, 2.05) is 36.4 Å². The van der Waals surface area contributed by atoms with Crippen molar-refractivity contribution in [3.05, 3.63) is 89.7 Å². The Bertz CT molecular complexity index is 1250. The second-order valence-electron chi connectivity index (χ2n) is 6.99. The highest BCUT2D eigenvalue weighted by atomic mass is 19.1. The van der Waals surface area contributed by atoms with Gasteiger partial charge in [0.25, 0.3) is 11.8 Å². The highest BCUT2D eigenvalue weighted by Gasteiger charge is 2.13. The van der Waals surface area contributed by atoms with Crippen molar-refractivity contribution in [3.63, 3.8) is 0 Å². The van der Waals surface area contributed by atoms with E-state index >= 15 is 0 Å². The average molecular weight is 417 g/mol. The van der Waals surface area contributed by atoms with Crippen molar-refractivity contribution in [1.82, 2.24) is 10.3 Å². The summed E-state index contributed by atoms with van der Waals surface area (Å²) in [6.45, 7) is 0.113. The summed E-state index contributed by atoms with van der Waals surface area (Å²) in [6, 6.07) is 20.4. The van der Waals surface area contributed by atoms with Crippen molar-refractivity contribution < 1.29 is 18.7 Å². The van der Waals surface area contributed by atoms with Gasteiger partial charge in [0.15, 0.2) is 6.61 Å². The molecule has 4 rings (SSSR count). The minimum atomic E-state index is -0.499. The maximum absolute atomic E-state index is 12.9. The van der Waals surface area contributed by atoms with Crippen LogP contribution in [-0.2, 0) is 11.3 Å². The molecule has 1 aromatic heterocycles. The first-order chi connectivity index (χ1) is 15.0. The summed E-state index contributed by atoms with van der Waals surface area (Å²) in [5.41, 5.74) is 9.19. The SMILES string of the molecule is NC(=O)c1cccc2cc(-c3ccccc3CNC(=O)COc3ccc(F)cc3)[nH]c12. The van der Waals surface area contributed by atoms with Crippen LogP contribution in [0.5, 0.6) is 5.75 Å². The number of carbonyl (C=O) groups excluding carboxylic acids is 2. The topological polar surface area (TPSA) is 97.2 Å². The fourth-order valence-electron chi connectivity index (χ4n) is 3.37. The van der Waals surface area contributed by atoms with E-state index in [0.717, 1.165) is 22.2 Å². The lowest BCUT2D eigenvalue weighted by Crippen LogP contribution is -2.28. The van der Waals surface area contributed by atoms with Crippen LogP contribution in [0.1, 0.15) is 15.9 Å². The number of carbonyl (C=O) groups is 2. The van der Waals surface area contributed by atoms with E-state index in [-0.39, 0.29) is 18.3 Å². The van der Waals surface area contributed by atoms with Gasteiger partial charge in [-0.1, -0.05) is 36.4 Å². The fourth-order valence-corrected chi connectivity index (χ4v) is 3.37. The van der Waals surface area contributed by atoms with Gasteiger partial charge in [0, 0.05) is 23.2 Å². The van der Waals surface area contributed by atoms with Crippen LogP contribution in [-0.4, -0.2) is 23.4 Å². The Morgan fingerprint density at radius 1 is 1.00 bits per heavy atom. The van der Waals surface area contributed by atoms with E-state index in [2.05, 4.69) is 10.3 Å². The van der Waals surface area contributed by atoms with Crippen LogP contribution in [0.2, 0.25) is 0 Å². The Balaban J connectivity index is 1.48. The van der Waals surface area contributed by atoms with Crippen molar-refractivity contribution in [2.45, 2.75) is 6.54 Å². The molecule has 7 heteroatoms. The van der Waals surface area contributed by atoms with Crippen LogP contribution in [0, 0.1) is 5.82 Å². The van der Waals surface area contributed by atoms with Crippen LogP contribution in [0.25, 0.3) is 22.2 Å². The molecule has 0 saturated carbocycles. The molecule has 0 aliphatic heterocycles. The number of rotatable bonds is 7. The summed E-state index contributed by atoms with van der Waals surface area (Å²) >= 11 is 0. The average Bonchev–Trinajstić information content (AvgIpc) is 3.21. The van der Waals surface area contributed by atoms with E-state index in [1.54, 1.807) is 12.1 Å². The van der Waals surface area contributed by atoms with Crippen LogP contribution in [0.3, 0.4) is 0 Å². The third kappa shape index (κ3) is 4.56. The zero-order chi connectivity index (χ0) is 21.8. The first-order valence-electron chi connectivity index (χ1n) is 9.66. The van der Waals surface area contributed by atoms with E-state index < -0.39 is 5.91 Å². The van der Waals surface area contributed by atoms with Gasteiger partial charge in [0.2, 0.25) is 0 Å². The molecule has 0 saturated heterocycles. The number of nitrogens with one attached hydrogen (secondary N) is 2. The second kappa shape index (κ2) is 8.71. The Morgan fingerprint density at radius 3 is 2.55 bits per heavy atom. The Labute approximate surface area is 177 Å². The van der Waals surface area contributed by atoms with Crippen LogP contribution in [0.4, 0.5) is 4.39 Å². The van der Waals surface area contributed by atoms with Gasteiger partial charge in [-0.25, -0.2) is 4.39 Å². The molecule has 1 heterocycles. The third-order valence-corrected chi connectivity index (χ3v) is 4.89. The summed E-state index contributed by atoms with van der Waals surface area (Å²) in [5, 5.41) is 3.70. The van der Waals surface area contributed by atoms with Crippen LogP contribution >= 0.6 is 0 Å². The summed E-state index contributed by atoms with van der Waals surface area (Å²) < 4.78 is 18.3. The van der Waals surface area contributed by atoms with Crippen LogP contribution < -0.4 is 15.8 Å². The van der Waals surface area contributed by atoms with E-state index in [1.165, 1.54) is 24.3 Å². The predicted molar refractivity (Wildman–Crippen MR) is 116 cm³/mol. The van der Waals surface area contributed by atoms with Gasteiger partial charge in [-0.2, -0.15) is 0 Å². The minimum absolute atomic E-state index is 0.178. The quantitative estimate of drug-likeness (QED) is 0.427. The largest absolute Gasteiger partial charge is 0.484 e. The highest BCUT2D eigenvalue weighted by Crippen LogP contribution is 2.28. The number of aromatic nitrogens is 1. The van der Waals surface area contributed by atoms with Crippen molar-refractivity contribution in [1.29, 1.82) is 0 Å². The molecule has 3 aromatic carbocycles. The molecule has 4 aromatic rings. The lowest BCUT2D eigenvalue weighted by atomic mass is 10.0. The molecule has 31 heavy (non-hydrogen) atoms. The Morgan fingerprint density at radius 2 is 1.77 bits per heavy atom. The third-order valence-electron chi connectivity index (χ3n) is 4.89. The maximum atomic E-state index is 12.9. The van der Waals surface area contributed by atoms with E-state index in [4.69, 9.17) is 10.5 Å². The van der Waals surface area contributed by atoms with Gasteiger partial charge in [0.1, 0.15) is 11.6 Å². The second-order valence-corrected chi connectivity index (χ2v) is 6.99. The predicted octanol–water partition coefficient (Wildman–Crippen LogP) is 3.77. The molecule has 0 bridgehead atoms. The maximum Gasteiger partial charge on any atom is 0.258 e. The van der Waals surface area contributed by atoms with Crippen molar-refractivity contribution in [2.75, 3.05) is 6.61 Å². The molecule has 2 amide bonds. The molecular formula is C24H20FN3O3. The molecule has 0 atom stereocenters. The summed E-state index contributed by atoms with van der Waals surface area (Å²) in [7, 11) is 0. The number of ether oxygens (including phenoxy) is 1. The number of hydrogen-bond donors (Lipinski definition) is 3. The van der Waals surface area contributed by atoms with Gasteiger partial charge in [-0.15, -0.1) is 0 Å². The Kier molecular flexibility index (Phi) is 5.66. The number of aromatic amines is 1. The van der Waals surface area contributed by atoms with Crippen molar-refractivity contribution in [2.24, 2.45) is 5.73 Å². The fraction of sp³-hybridized carbons (Fsp3) is 0.0833. The molecule has 4 N–H and O–H groups in total. The smallest absolute Gasteiger partial charge is 0.258 e. The summed E-state index contributed by atoms with van der Waals surface area (Å²) in [4.78, 5) is 27.2. The highest BCUT2D eigenvalue weighted by molar-refractivity contribution is 6.06. The van der Waals surface area contributed by atoms with E-state index in [0.29, 0.717) is 23.4 Å². The number of para-hydroxylation sites is 1. The monoisotopic (exact) mass is 417 g/mol. The van der Waals surface area contributed by atoms with Gasteiger partial charge in [-0.3, -0.25) is 9.59 Å². The number of fused-ring (bicyclic) bond motifs is 1. The number of benzene rings is 3. The standard InChI is InChI=1S/C24H20FN3O3/c25-17-8-10-18(11-9-17)31-14-22(29)27-13-16-4-1-2-6-19(16)21-12-15-5-3-7-20(24(26)30)23(15)28-21/h1-12,28H,13-14H2,(H2,26,30)(H,27,29). The zero-order valence-electron chi connectivity index (χ0n) is 16.5.